The van der Waals surface area contributed by atoms with Crippen molar-refractivity contribution >= 4 is 11.3 Å². The zero-order valence-corrected chi connectivity index (χ0v) is 13.4. The molecule has 1 aromatic carbocycles. The number of aryl methyl sites for hydroxylation is 2. The molecule has 112 valence electrons. The van der Waals surface area contributed by atoms with Crippen LogP contribution in [0.3, 0.4) is 0 Å². The first-order valence-electron chi connectivity index (χ1n) is 7.29. The van der Waals surface area contributed by atoms with E-state index in [0.29, 0.717) is 0 Å². The summed E-state index contributed by atoms with van der Waals surface area (Å²) in [7, 11) is 3.37. The van der Waals surface area contributed by atoms with Gasteiger partial charge < -0.3 is 14.0 Å². The highest BCUT2D eigenvalue weighted by Crippen LogP contribution is 2.43. The number of methoxy groups -OCH3 is 2. The van der Waals surface area contributed by atoms with E-state index < -0.39 is 0 Å². The third-order valence-corrected chi connectivity index (χ3v) is 4.97. The molecule has 0 N–H and O–H groups in total. The molecule has 1 aliphatic rings. The minimum Gasteiger partial charge on any atom is -0.493 e. The Morgan fingerprint density at radius 1 is 1.05 bits per heavy atom. The van der Waals surface area contributed by atoms with Gasteiger partial charge >= 0.3 is 0 Å². The molecule has 22 heavy (non-hydrogen) atoms. The first-order valence-corrected chi connectivity index (χ1v) is 8.23. The second-order valence-corrected chi connectivity index (χ2v) is 6.18. The Balaban J connectivity index is 1.95. The van der Waals surface area contributed by atoms with Gasteiger partial charge in [0.25, 0.3) is 0 Å². The molecule has 0 bridgehead atoms. The van der Waals surface area contributed by atoms with Gasteiger partial charge in [0, 0.05) is 23.9 Å². The first-order chi connectivity index (χ1) is 10.8. The summed E-state index contributed by atoms with van der Waals surface area (Å²) in [4.78, 5) is 0. The molecule has 4 heteroatoms. The number of nitrogens with zero attached hydrogens (tertiary/aromatic N) is 1. The second kappa shape index (κ2) is 5.21. The van der Waals surface area contributed by atoms with Crippen LogP contribution in [0.2, 0.25) is 0 Å². The van der Waals surface area contributed by atoms with Crippen molar-refractivity contribution in [2.45, 2.75) is 13.0 Å². The monoisotopic (exact) mass is 311 g/mol. The normalized spacial score (nSPS) is 12.6. The van der Waals surface area contributed by atoms with Gasteiger partial charge in [-0.05, 0) is 52.6 Å². The molecule has 2 aromatic heterocycles. The average molecular weight is 311 g/mol. The van der Waals surface area contributed by atoms with E-state index in [1.54, 1.807) is 25.6 Å². The molecular weight excluding hydrogens is 294 g/mol. The fourth-order valence-corrected chi connectivity index (χ4v) is 3.85. The highest BCUT2D eigenvalue weighted by Gasteiger charge is 2.22. The Bertz CT molecular complexity index is 818. The average Bonchev–Trinajstić information content (AvgIpc) is 3.21. The van der Waals surface area contributed by atoms with Crippen LogP contribution in [0, 0.1) is 0 Å². The van der Waals surface area contributed by atoms with E-state index in [9.17, 15) is 0 Å². The van der Waals surface area contributed by atoms with Crippen LogP contribution in [0.4, 0.5) is 0 Å². The maximum Gasteiger partial charge on any atom is 0.161 e. The standard InChI is InChI=1S/C18H17NO2S/c1-20-16-9-12-3-6-19-7-4-14(13-5-8-22-11-13)18(19)15(12)10-17(16)21-2/h4-5,7-11H,3,6H2,1-2H3. The molecule has 0 atom stereocenters. The molecule has 4 rings (SSSR count). The number of ether oxygens (including phenoxy) is 2. The zero-order valence-electron chi connectivity index (χ0n) is 12.6. The van der Waals surface area contributed by atoms with Crippen molar-refractivity contribution in [2.24, 2.45) is 0 Å². The molecule has 0 spiro atoms. The molecule has 3 heterocycles. The van der Waals surface area contributed by atoms with Crippen LogP contribution in [0.15, 0.2) is 41.2 Å². The van der Waals surface area contributed by atoms with Gasteiger partial charge in [0.05, 0.1) is 19.9 Å². The Kier molecular flexibility index (Phi) is 3.19. The highest BCUT2D eigenvalue weighted by molar-refractivity contribution is 7.08. The molecule has 3 nitrogen and oxygen atoms in total. The minimum absolute atomic E-state index is 0.784. The Morgan fingerprint density at radius 3 is 2.59 bits per heavy atom. The fraction of sp³-hybridized carbons (Fsp3) is 0.222. The molecule has 0 saturated carbocycles. The third kappa shape index (κ3) is 1.95. The lowest BCUT2D eigenvalue weighted by molar-refractivity contribution is 0.354. The second-order valence-electron chi connectivity index (χ2n) is 5.40. The van der Waals surface area contributed by atoms with Crippen LogP contribution in [0.1, 0.15) is 5.56 Å². The van der Waals surface area contributed by atoms with Crippen LogP contribution in [0.5, 0.6) is 11.5 Å². The van der Waals surface area contributed by atoms with E-state index in [1.807, 2.05) is 0 Å². The van der Waals surface area contributed by atoms with Crippen molar-refractivity contribution in [3.05, 3.63) is 46.8 Å². The number of hydrogen-bond donors (Lipinski definition) is 0. The number of thiophene rings is 1. The summed E-state index contributed by atoms with van der Waals surface area (Å²) in [5, 5.41) is 4.32. The first kappa shape index (κ1) is 13.5. The van der Waals surface area contributed by atoms with E-state index in [0.717, 1.165) is 24.5 Å². The van der Waals surface area contributed by atoms with Crippen LogP contribution >= 0.6 is 11.3 Å². The lowest BCUT2D eigenvalue weighted by Crippen LogP contribution is -2.10. The van der Waals surface area contributed by atoms with Crippen molar-refractivity contribution < 1.29 is 9.47 Å². The van der Waals surface area contributed by atoms with E-state index in [1.165, 1.54) is 27.9 Å². The van der Waals surface area contributed by atoms with E-state index >= 15 is 0 Å². The zero-order chi connectivity index (χ0) is 15.1. The molecule has 0 saturated heterocycles. The van der Waals surface area contributed by atoms with E-state index in [2.05, 4.69) is 45.8 Å². The van der Waals surface area contributed by atoms with Gasteiger partial charge in [-0.3, -0.25) is 0 Å². The smallest absolute Gasteiger partial charge is 0.161 e. The lowest BCUT2D eigenvalue weighted by atomic mass is 9.94. The summed E-state index contributed by atoms with van der Waals surface area (Å²) in [6.07, 6.45) is 3.20. The van der Waals surface area contributed by atoms with Crippen molar-refractivity contribution in [3.63, 3.8) is 0 Å². The minimum atomic E-state index is 0.784. The van der Waals surface area contributed by atoms with Crippen molar-refractivity contribution in [3.8, 4) is 33.9 Å². The van der Waals surface area contributed by atoms with Crippen molar-refractivity contribution in [1.29, 1.82) is 0 Å². The summed E-state index contributed by atoms with van der Waals surface area (Å²) in [6.45, 7) is 1.00. The van der Waals surface area contributed by atoms with Crippen LogP contribution in [0.25, 0.3) is 22.4 Å². The molecule has 0 unspecified atom stereocenters. The van der Waals surface area contributed by atoms with Gasteiger partial charge in [0.15, 0.2) is 11.5 Å². The van der Waals surface area contributed by atoms with E-state index in [-0.39, 0.29) is 0 Å². The van der Waals surface area contributed by atoms with Crippen molar-refractivity contribution in [1.82, 2.24) is 4.57 Å². The van der Waals surface area contributed by atoms with Gasteiger partial charge in [-0.15, -0.1) is 0 Å². The maximum absolute atomic E-state index is 5.49. The molecule has 3 aromatic rings. The van der Waals surface area contributed by atoms with Crippen LogP contribution in [-0.2, 0) is 13.0 Å². The van der Waals surface area contributed by atoms with Gasteiger partial charge in [0.2, 0.25) is 0 Å². The number of rotatable bonds is 3. The van der Waals surface area contributed by atoms with Gasteiger partial charge in [0.1, 0.15) is 0 Å². The molecule has 0 amide bonds. The number of fused-ring (bicyclic) bond motifs is 3. The predicted octanol–water partition coefficient (Wildman–Crippen LogP) is 4.46. The lowest BCUT2D eigenvalue weighted by Gasteiger charge is -2.22. The van der Waals surface area contributed by atoms with Crippen LogP contribution in [-0.4, -0.2) is 18.8 Å². The number of hydrogen-bond acceptors (Lipinski definition) is 3. The predicted molar refractivity (Wildman–Crippen MR) is 90.0 cm³/mol. The molecule has 0 radical (unpaired) electrons. The molecular formula is C18H17NO2S. The van der Waals surface area contributed by atoms with Gasteiger partial charge in [-0.1, -0.05) is 0 Å². The number of aromatic nitrogens is 1. The summed E-state index contributed by atoms with van der Waals surface area (Å²) in [5.41, 5.74) is 6.41. The SMILES string of the molecule is COc1cc2c(cc1OC)-c1c(-c3ccsc3)ccn1CC2. The number of benzene rings is 1. The summed E-state index contributed by atoms with van der Waals surface area (Å²) in [6, 6.07) is 8.61. The largest absolute Gasteiger partial charge is 0.493 e. The Labute approximate surface area is 133 Å². The quantitative estimate of drug-likeness (QED) is 0.713. The molecule has 0 aliphatic carbocycles. The Hall–Kier alpha value is -2.20. The van der Waals surface area contributed by atoms with Gasteiger partial charge in [-0.25, -0.2) is 0 Å². The third-order valence-electron chi connectivity index (χ3n) is 4.28. The topological polar surface area (TPSA) is 23.4 Å². The summed E-state index contributed by atoms with van der Waals surface area (Å²) in [5.74, 6) is 1.59. The molecule has 1 aliphatic heterocycles. The molecule has 0 fully saturated rings. The van der Waals surface area contributed by atoms with Crippen LogP contribution < -0.4 is 9.47 Å². The summed E-state index contributed by atoms with van der Waals surface area (Å²) < 4.78 is 13.3. The maximum atomic E-state index is 5.49. The Morgan fingerprint density at radius 2 is 1.86 bits per heavy atom. The highest BCUT2D eigenvalue weighted by atomic mass is 32.1. The van der Waals surface area contributed by atoms with Crippen molar-refractivity contribution in [2.75, 3.05) is 14.2 Å². The van der Waals surface area contributed by atoms with Gasteiger partial charge in [-0.2, -0.15) is 11.3 Å². The fourth-order valence-electron chi connectivity index (χ4n) is 3.20. The van der Waals surface area contributed by atoms with E-state index in [4.69, 9.17) is 9.47 Å². The summed E-state index contributed by atoms with van der Waals surface area (Å²) >= 11 is 1.73.